The molecule has 0 aliphatic carbocycles. The smallest absolute Gasteiger partial charge is 0.169 e. The third-order valence-corrected chi connectivity index (χ3v) is 12.6. The van der Waals surface area contributed by atoms with E-state index in [1.807, 2.05) is 26.2 Å². The molecule has 10 heteroatoms. The average Bonchev–Trinajstić information content (AvgIpc) is 4.23. The van der Waals surface area contributed by atoms with E-state index >= 15 is 0 Å². The fraction of sp³-hybridized carbons (Fsp3) is 0.138. The molecular formula is C58H52N8O2+2. The summed E-state index contributed by atoms with van der Waals surface area (Å²) in [6.07, 6.45) is 27.0. The number of aromatic amines is 2. The number of nitrogens with zero attached hydrogens (tertiary/aromatic N) is 6. The normalized spacial score (nSPS) is 11.9. The van der Waals surface area contributed by atoms with Crippen molar-refractivity contribution in [1.82, 2.24) is 29.1 Å². The van der Waals surface area contributed by atoms with E-state index < -0.39 is 0 Å². The summed E-state index contributed by atoms with van der Waals surface area (Å²) in [7, 11) is 4.07. The van der Waals surface area contributed by atoms with E-state index in [1.165, 1.54) is 0 Å². The number of aromatic nitrogens is 8. The van der Waals surface area contributed by atoms with Crippen molar-refractivity contribution in [3.63, 3.8) is 0 Å². The van der Waals surface area contributed by atoms with Gasteiger partial charge in [0, 0.05) is 106 Å². The molecule has 2 aromatic carbocycles. The molecule has 9 heterocycles. The number of ether oxygens (including phenoxy) is 2. The van der Waals surface area contributed by atoms with E-state index in [-0.39, 0.29) is 0 Å². The quantitative estimate of drug-likeness (QED) is 0.0840. The molecule has 334 valence electrons. The predicted octanol–water partition coefficient (Wildman–Crippen LogP) is 11.5. The molecule has 0 unspecified atom stereocenters. The van der Waals surface area contributed by atoms with Gasteiger partial charge in [-0.1, -0.05) is 24.3 Å². The van der Waals surface area contributed by atoms with Gasteiger partial charge in [0.05, 0.1) is 36.0 Å². The van der Waals surface area contributed by atoms with E-state index in [9.17, 15) is 0 Å². The summed E-state index contributed by atoms with van der Waals surface area (Å²) in [6.45, 7) is 3.08. The molecule has 11 rings (SSSR count). The van der Waals surface area contributed by atoms with Gasteiger partial charge in [-0.2, -0.15) is 0 Å². The lowest BCUT2D eigenvalue weighted by Crippen LogP contribution is -2.25. The monoisotopic (exact) mass is 892 g/mol. The highest BCUT2D eigenvalue weighted by Gasteiger charge is 2.20. The lowest BCUT2D eigenvalue weighted by atomic mass is 10.0. The van der Waals surface area contributed by atoms with Gasteiger partial charge >= 0.3 is 0 Å². The Bertz CT molecular complexity index is 3290. The molecule has 0 spiro atoms. The lowest BCUT2D eigenvalue weighted by molar-refractivity contribution is -0.671. The van der Waals surface area contributed by atoms with Gasteiger partial charge in [-0.05, 0) is 132 Å². The summed E-state index contributed by atoms with van der Waals surface area (Å²) in [4.78, 5) is 18.7. The van der Waals surface area contributed by atoms with Crippen LogP contribution in [0.2, 0.25) is 0 Å². The van der Waals surface area contributed by atoms with Crippen LogP contribution in [0.3, 0.4) is 0 Å². The standard InChI is InChI=1S/C58H51N8O2/c1-63-35-25-43(26-36-63)57-51-21-17-47(59-51)55(41-9-13-45(14-10-41)67-39-7-33-65-29-3-4-30-65)49-19-23-53(61-49)58(44-27-37-64(2)38-28-44)54-24-20-50(62-54)56(48-18-22-52(57)60-48)42-11-15-46(16-12-42)68-40-8-34-66-31-5-6-32-66/h3-6,9-32,35-38H,7-8,33-34,39-40H2,1-2H3,(H,59,60,61,62)/q+1/p+1. The van der Waals surface area contributed by atoms with Gasteiger partial charge in [0.15, 0.2) is 24.8 Å². The molecule has 9 aromatic rings. The number of fused-ring (bicyclic) bond motifs is 8. The average molecular weight is 893 g/mol. The Morgan fingerprint density at radius 2 is 0.750 bits per heavy atom. The molecule has 10 nitrogen and oxygen atoms in total. The summed E-state index contributed by atoms with van der Waals surface area (Å²) >= 11 is 0. The minimum Gasteiger partial charge on any atom is -0.494 e. The number of aryl methyl sites for hydroxylation is 4. The second-order valence-corrected chi connectivity index (χ2v) is 17.3. The second kappa shape index (κ2) is 18.8. The maximum Gasteiger partial charge on any atom is 0.169 e. The zero-order chi connectivity index (χ0) is 45.8. The first-order valence-electron chi connectivity index (χ1n) is 23.2. The van der Waals surface area contributed by atoms with Crippen LogP contribution in [0.15, 0.2) is 171 Å². The van der Waals surface area contributed by atoms with E-state index in [1.54, 1.807) is 0 Å². The fourth-order valence-corrected chi connectivity index (χ4v) is 9.10. The first kappa shape index (κ1) is 42.2. The maximum atomic E-state index is 6.23. The molecule has 0 amide bonds. The van der Waals surface area contributed by atoms with Gasteiger partial charge in [0.1, 0.15) is 25.6 Å². The van der Waals surface area contributed by atoms with E-state index in [4.69, 9.17) is 19.4 Å². The Hall–Kier alpha value is -8.50. The number of benzene rings is 2. The minimum absolute atomic E-state index is 0.624. The fourth-order valence-electron chi connectivity index (χ4n) is 9.10. The second-order valence-electron chi connectivity index (χ2n) is 17.3. The number of hydrogen-bond donors (Lipinski definition) is 2. The molecule has 0 fully saturated rings. The Kier molecular flexibility index (Phi) is 11.6. The van der Waals surface area contributed by atoms with Crippen LogP contribution in [0.4, 0.5) is 0 Å². The van der Waals surface area contributed by atoms with Crippen molar-refractivity contribution in [1.29, 1.82) is 0 Å². The summed E-state index contributed by atoms with van der Waals surface area (Å²) in [5.74, 6) is 1.67. The zero-order valence-corrected chi connectivity index (χ0v) is 38.2. The minimum atomic E-state index is 0.624. The molecule has 2 N–H and O–H groups in total. The number of rotatable bonds is 14. The van der Waals surface area contributed by atoms with Crippen molar-refractivity contribution in [2.45, 2.75) is 25.9 Å². The third kappa shape index (κ3) is 8.91. The summed E-state index contributed by atoms with van der Waals surface area (Å²) in [6, 6.07) is 42.3. The van der Waals surface area contributed by atoms with E-state index in [2.05, 4.69) is 211 Å². The summed E-state index contributed by atoms with van der Waals surface area (Å²) in [5.41, 5.74) is 15.3. The SMILES string of the molecule is C[n+]1ccc(-c2c3nc(c(-c4ccc(OCCCn5cccc5)cc4)c4nc(c(-c5cc[n+](C)cc5)c5ccc([nH]5)c(-c5ccc(OCCCn6cccc6)cc5)c5ccc2[nH]5)C=C4)C=C3)cc1. The Morgan fingerprint density at radius 1 is 0.412 bits per heavy atom. The van der Waals surface area contributed by atoms with Gasteiger partial charge in [0.2, 0.25) is 0 Å². The van der Waals surface area contributed by atoms with Crippen LogP contribution in [0.5, 0.6) is 11.5 Å². The molecule has 7 aromatic heterocycles. The highest BCUT2D eigenvalue weighted by molar-refractivity contribution is 6.00. The first-order chi connectivity index (χ1) is 33.5. The van der Waals surface area contributed by atoms with Crippen LogP contribution < -0.4 is 18.6 Å². The van der Waals surface area contributed by atoms with Crippen LogP contribution >= 0.6 is 0 Å². The van der Waals surface area contributed by atoms with Crippen LogP contribution in [-0.4, -0.2) is 42.3 Å². The van der Waals surface area contributed by atoms with Gasteiger partial charge in [-0.3, -0.25) is 0 Å². The Balaban J connectivity index is 1.08. The number of hydrogen-bond acceptors (Lipinski definition) is 4. The van der Waals surface area contributed by atoms with Crippen LogP contribution in [0.25, 0.3) is 90.9 Å². The number of nitrogens with one attached hydrogen (secondary N) is 2. The van der Waals surface area contributed by atoms with Gasteiger partial charge in [-0.15, -0.1) is 0 Å². The molecule has 8 bridgehead atoms. The number of pyridine rings is 2. The van der Waals surface area contributed by atoms with E-state index in [0.29, 0.717) is 13.2 Å². The highest BCUT2D eigenvalue weighted by Crippen LogP contribution is 2.39. The first-order valence-corrected chi connectivity index (χ1v) is 23.2. The van der Waals surface area contributed by atoms with Crippen molar-refractivity contribution in [2.75, 3.05) is 13.2 Å². The van der Waals surface area contributed by atoms with E-state index in [0.717, 1.165) is 127 Å². The van der Waals surface area contributed by atoms with Crippen molar-refractivity contribution < 1.29 is 18.6 Å². The molecule has 0 saturated carbocycles. The van der Waals surface area contributed by atoms with Gasteiger partial charge in [-0.25, -0.2) is 19.1 Å². The summed E-state index contributed by atoms with van der Waals surface area (Å²) < 4.78 is 20.9. The Morgan fingerprint density at radius 3 is 1.15 bits per heavy atom. The van der Waals surface area contributed by atoms with Gasteiger partial charge in [0.25, 0.3) is 0 Å². The van der Waals surface area contributed by atoms with Crippen LogP contribution in [0.1, 0.15) is 35.6 Å². The van der Waals surface area contributed by atoms with Crippen molar-refractivity contribution in [3.8, 4) is 56.0 Å². The maximum absolute atomic E-state index is 6.23. The Labute approximate surface area is 395 Å². The highest BCUT2D eigenvalue weighted by atomic mass is 16.5. The molecule has 68 heavy (non-hydrogen) atoms. The molecule has 0 atom stereocenters. The molecule has 0 saturated heterocycles. The van der Waals surface area contributed by atoms with Crippen molar-refractivity contribution in [2.24, 2.45) is 14.1 Å². The van der Waals surface area contributed by atoms with Crippen molar-refractivity contribution in [3.05, 3.63) is 194 Å². The lowest BCUT2D eigenvalue weighted by Gasteiger charge is -2.09. The molecule has 2 aliphatic heterocycles. The largest absolute Gasteiger partial charge is 0.494 e. The van der Waals surface area contributed by atoms with Gasteiger partial charge < -0.3 is 28.6 Å². The van der Waals surface area contributed by atoms with Crippen LogP contribution in [-0.2, 0) is 27.2 Å². The number of H-pyrrole nitrogens is 2. The van der Waals surface area contributed by atoms with Crippen LogP contribution in [0, 0.1) is 0 Å². The third-order valence-electron chi connectivity index (χ3n) is 12.6. The molecule has 0 radical (unpaired) electrons. The van der Waals surface area contributed by atoms with Crippen molar-refractivity contribution >= 4 is 46.4 Å². The summed E-state index contributed by atoms with van der Waals surface area (Å²) in [5, 5.41) is 0. The zero-order valence-electron chi connectivity index (χ0n) is 38.2. The topological polar surface area (TPSA) is 93.4 Å². The predicted molar refractivity (Wildman–Crippen MR) is 272 cm³/mol. The molecule has 2 aliphatic rings. The molecular weight excluding hydrogens is 841 g/mol.